The molecule has 0 fully saturated rings. The number of nitrogens with zero attached hydrogens (tertiary/aromatic N) is 2. The molecule has 2 aromatic carbocycles. The highest BCUT2D eigenvalue weighted by atomic mass is 35.5. The molecule has 0 aromatic heterocycles. The molecule has 0 atom stereocenters. The molecule has 0 radical (unpaired) electrons. The van der Waals surface area contributed by atoms with E-state index in [0.717, 1.165) is 11.1 Å². The van der Waals surface area contributed by atoms with E-state index in [1.165, 1.54) is 0 Å². The predicted octanol–water partition coefficient (Wildman–Crippen LogP) is 4.81. The summed E-state index contributed by atoms with van der Waals surface area (Å²) in [7, 11) is 0. The van der Waals surface area contributed by atoms with Crippen LogP contribution in [0.3, 0.4) is 0 Å². The lowest BCUT2D eigenvalue weighted by Gasteiger charge is -1.94. The zero-order valence-corrected chi connectivity index (χ0v) is 12.2. The van der Waals surface area contributed by atoms with E-state index in [4.69, 9.17) is 33.7 Å². The first kappa shape index (κ1) is 16.1. The van der Waals surface area contributed by atoms with Gasteiger partial charge in [-0.1, -0.05) is 59.6 Å². The zero-order valence-electron chi connectivity index (χ0n) is 10.7. The van der Waals surface area contributed by atoms with Gasteiger partial charge in [0.1, 0.15) is 0 Å². The molecule has 100 valence electrons. The molecule has 0 N–H and O–H groups in total. The first-order valence-electron chi connectivity index (χ1n) is 5.89. The van der Waals surface area contributed by atoms with Crippen LogP contribution in [-0.4, -0.2) is 0 Å². The van der Waals surface area contributed by atoms with Gasteiger partial charge in [0.05, 0.1) is 25.0 Å². The van der Waals surface area contributed by atoms with Gasteiger partial charge in [0.2, 0.25) is 0 Å². The van der Waals surface area contributed by atoms with Crippen LogP contribution in [0.15, 0.2) is 48.5 Å². The molecule has 0 aliphatic heterocycles. The topological polar surface area (TPSA) is 47.6 Å². The van der Waals surface area contributed by atoms with Crippen LogP contribution in [0.5, 0.6) is 0 Å². The molecule has 20 heavy (non-hydrogen) atoms. The lowest BCUT2D eigenvalue weighted by atomic mass is 10.2. The monoisotopic (exact) mass is 302 g/mol. The Kier molecular flexibility index (Phi) is 7.22. The first-order valence-corrected chi connectivity index (χ1v) is 6.65. The molecule has 0 amide bonds. The molecule has 4 heteroatoms. The zero-order chi connectivity index (χ0) is 14.8. The van der Waals surface area contributed by atoms with Crippen LogP contribution in [0.4, 0.5) is 0 Å². The number of hydrogen-bond acceptors (Lipinski definition) is 2. The molecule has 0 aliphatic carbocycles. The summed E-state index contributed by atoms with van der Waals surface area (Å²) in [6.45, 7) is 0. The van der Waals surface area contributed by atoms with Gasteiger partial charge in [0, 0.05) is 10.0 Å². The normalized spacial score (nSPS) is 8.80. The molecule has 0 heterocycles. The molecule has 0 bridgehead atoms. The summed E-state index contributed by atoms with van der Waals surface area (Å²) in [5.74, 6) is 0. The molecular formula is C16H12Cl2N2. The van der Waals surface area contributed by atoms with E-state index >= 15 is 0 Å². The highest BCUT2D eigenvalue weighted by molar-refractivity contribution is 6.31. The van der Waals surface area contributed by atoms with Crippen LogP contribution in [0, 0.1) is 22.7 Å². The van der Waals surface area contributed by atoms with Crippen molar-refractivity contribution in [1.82, 2.24) is 0 Å². The van der Waals surface area contributed by atoms with Crippen LogP contribution in [0.25, 0.3) is 0 Å². The van der Waals surface area contributed by atoms with E-state index in [-0.39, 0.29) is 0 Å². The number of rotatable bonds is 2. The van der Waals surface area contributed by atoms with E-state index in [1.807, 2.05) is 48.5 Å². The van der Waals surface area contributed by atoms with E-state index in [2.05, 4.69) is 0 Å². The standard InChI is InChI=1S/2C8H6ClN/c2*9-8-4-2-1-3-7(8)5-6-10/h2*1-4H,5H2. The van der Waals surface area contributed by atoms with Gasteiger partial charge in [-0.2, -0.15) is 10.5 Å². The second-order valence-electron chi connectivity index (χ2n) is 3.85. The van der Waals surface area contributed by atoms with Gasteiger partial charge in [0.15, 0.2) is 0 Å². The Morgan fingerprint density at radius 1 is 0.700 bits per heavy atom. The highest BCUT2D eigenvalue weighted by Gasteiger charge is 1.95. The largest absolute Gasteiger partial charge is 0.198 e. The van der Waals surface area contributed by atoms with Crippen LogP contribution in [0.1, 0.15) is 11.1 Å². The fourth-order valence-electron chi connectivity index (χ4n) is 1.45. The minimum Gasteiger partial charge on any atom is -0.198 e. The Hall–Kier alpha value is -2.00. The summed E-state index contributed by atoms with van der Waals surface area (Å²) in [6, 6.07) is 18.8. The van der Waals surface area contributed by atoms with Crippen molar-refractivity contribution in [3.8, 4) is 12.1 Å². The first-order chi connectivity index (χ1) is 9.69. The average Bonchev–Trinajstić information content (AvgIpc) is 2.45. The molecule has 0 spiro atoms. The van der Waals surface area contributed by atoms with E-state index < -0.39 is 0 Å². The molecule has 0 aliphatic rings. The second-order valence-corrected chi connectivity index (χ2v) is 4.67. The van der Waals surface area contributed by atoms with Gasteiger partial charge in [-0.25, -0.2) is 0 Å². The van der Waals surface area contributed by atoms with Gasteiger partial charge in [-0.05, 0) is 23.3 Å². The van der Waals surface area contributed by atoms with Gasteiger partial charge < -0.3 is 0 Å². The van der Waals surface area contributed by atoms with E-state index in [0.29, 0.717) is 22.9 Å². The number of benzene rings is 2. The summed E-state index contributed by atoms with van der Waals surface area (Å²) in [5, 5.41) is 18.0. The van der Waals surface area contributed by atoms with E-state index in [9.17, 15) is 0 Å². The van der Waals surface area contributed by atoms with Crippen LogP contribution in [-0.2, 0) is 12.8 Å². The van der Waals surface area contributed by atoms with Crippen molar-refractivity contribution >= 4 is 23.2 Å². The van der Waals surface area contributed by atoms with Gasteiger partial charge in [-0.15, -0.1) is 0 Å². The van der Waals surface area contributed by atoms with Crippen molar-refractivity contribution in [2.75, 3.05) is 0 Å². The second kappa shape index (κ2) is 8.99. The third-order valence-electron chi connectivity index (χ3n) is 2.45. The summed E-state index contributed by atoms with van der Waals surface area (Å²) in [5.41, 5.74) is 1.79. The van der Waals surface area contributed by atoms with Crippen molar-refractivity contribution in [3.63, 3.8) is 0 Å². The summed E-state index contributed by atoms with van der Waals surface area (Å²) in [4.78, 5) is 0. The molecule has 0 unspecified atom stereocenters. The maximum atomic E-state index is 8.34. The Bertz CT molecular complexity index is 582. The quantitative estimate of drug-likeness (QED) is 0.799. The van der Waals surface area contributed by atoms with Crippen molar-refractivity contribution in [2.45, 2.75) is 12.8 Å². The third kappa shape index (κ3) is 5.33. The lowest BCUT2D eigenvalue weighted by molar-refractivity contribution is 1.26. The molecule has 0 saturated heterocycles. The average molecular weight is 303 g/mol. The number of hydrogen-bond donors (Lipinski definition) is 0. The maximum absolute atomic E-state index is 8.34. The molecule has 2 aromatic rings. The molecule has 2 rings (SSSR count). The number of halogens is 2. The Morgan fingerprint density at radius 3 is 1.35 bits per heavy atom. The highest BCUT2D eigenvalue weighted by Crippen LogP contribution is 2.15. The van der Waals surface area contributed by atoms with Crippen LogP contribution in [0.2, 0.25) is 10.0 Å². The maximum Gasteiger partial charge on any atom is 0.0670 e. The predicted molar refractivity (Wildman–Crippen MR) is 81.5 cm³/mol. The number of nitriles is 2. The lowest BCUT2D eigenvalue weighted by Crippen LogP contribution is -1.80. The Balaban J connectivity index is 0.000000200. The van der Waals surface area contributed by atoms with Crippen LogP contribution >= 0.6 is 23.2 Å². The Morgan fingerprint density at radius 2 is 1.05 bits per heavy atom. The van der Waals surface area contributed by atoms with Crippen molar-refractivity contribution in [2.24, 2.45) is 0 Å². The molecule has 0 saturated carbocycles. The molecule has 2 nitrogen and oxygen atoms in total. The SMILES string of the molecule is N#CCc1ccccc1Cl.N#CCc1ccccc1Cl. The Labute approximate surface area is 128 Å². The van der Waals surface area contributed by atoms with Gasteiger partial charge in [-0.3, -0.25) is 0 Å². The van der Waals surface area contributed by atoms with Crippen molar-refractivity contribution < 1.29 is 0 Å². The fourth-order valence-corrected chi connectivity index (χ4v) is 1.86. The summed E-state index contributed by atoms with van der Waals surface area (Å²) < 4.78 is 0. The smallest absolute Gasteiger partial charge is 0.0670 e. The van der Waals surface area contributed by atoms with Crippen molar-refractivity contribution in [1.29, 1.82) is 10.5 Å². The minimum absolute atomic E-state index is 0.389. The van der Waals surface area contributed by atoms with E-state index in [1.54, 1.807) is 12.1 Å². The van der Waals surface area contributed by atoms with Gasteiger partial charge >= 0.3 is 0 Å². The molecular weight excluding hydrogens is 291 g/mol. The third-order valence-corrected chi connectivity index (χ3v) is 3.19. The minimum atomic E-state index is 0.389. The summed E-state index contributed by atoms with van der Waals surface area (Å²) >= 11 is 11.5. The summed E-state index contributed by atoms with van der Waals surface area (Å²) in [6.07, 6.45) is 0.777. The van der Waals surface area contributed by atoms with Crippen LogP contribution < -0.4 is 0 Å². The van der Waals surface area contributed by atoms with Gasteiger partial charge in [0.25, 0.3) is 0 Å². The fraction of sp³-hybridized carbons (Fsp3) is 0.125. The van der Waals surface area contributed by atoms with Crippen molar-refractivity contribution in [3.05, 3.63) is 69.7 Å².